The molecule has 0 radical (unpaired) electrons. The molecule has 0 saturated carbocycles. The molecule has 11 heteroatoms. The van der Waals surface area contributed by atoms with Gasteiger partial charge in [0.1, 0.15) is 10.7 Å². The zero-order valence-electron chi connectivity index (χ0n) is 13.0. The molecule has 130 valence electrons. The summed E-state index contributed by atoms with van der Waals surface area (Å²) in [4.78, 5) is 1.64. The summed E-state index contributed by atoms with van der Waals surface area (Å²) in [5, 5.41) is 15.4. The van der Waals surface area contributed by atoms with Crippen LogP contribution in [0.1, 0.15) is 0 Å². The van der Waals surface area contributed by atoms with E-state index in [1.54, 1.807) is 12.1 Å². The molecular formula is C14H14FN7O2S. The highest BCUT2D eigenvalue weighted by atomic mass is 32.2. The predicted octanol–water partition coefficient (Wildman–Crippen LogP) is 0.169. The smallest absolute Gasteiger partial charge is 0.246 e. The molecule has 0 spiro atoms. The highest BCUT2D eigenvalue weighted by Gasteiger charge is 2.30. The molecule has 3 aromatic rings. The van der Waals surface area contributed by atoms with E-state index in [1.165, 1.54) is 27.1 Å². The molecule has 2 aromatic heterocycles. The van der Waals surface area contributed by atoms with E-state index in [-0.39, 0.29) is 18.0 Å². The van der Waals surface area contributed by atoms with Gasteiger partial charge in [0.2, 0.25) is 10.0 Å². The van der Waals surface area contributed by atoms with Crippen molar-refractivity contribution in [2.24, 2.45) is 0 Å². The molecule has 1 aromatic carbocycles. The number of aromatic nitrogens is 5. The molecule has 0 amide bonds. The minimum Gasteiger partial charge on any atom is -0.352 e. The summed E-state index contributed by atoms with van der Waals surface area (Å²) in [5.74, 6) is -0.0848. The van der Waals surface area contributed by atoms with Crippen LogP contribution in [0.15, 0.2) is 41.3 Å². The quantitative estimate of drug-likeness (QED) is 0.654. The summed E-state index contributed by atoms with van der Waals surface area (Å²) in [7, 11) is -3.85. The Morgan fingerprint density at radius 1 is 1.00 bits per heavy atom. The van der Waals surface area contributed by atoms with E-state index < -0.39 is 15.8 Å². The van der Waals surface area contributed by atoms with Crippen molar-refractivity contribution in [3.05, 3.63) is 42.2 Å². The minimum atomic E-state index is -3.85. The van der Waals surface area contributed by atoms with Crippen LogP contribution in [-0.2, 0) is 10.0 Å². The lowest BCUT2D eigenvalue weighted by atomic mass is 10.3. The fourth-order valence-electron chi connectivity index (χ4n) is 2.76. The van der Waals surface area contributed by atoms with Gasteiger partial charge in [-0.1, -0.05) is 12.1 Å². The van der Waals surface area contributed by atoms with Crippen LogP contribution in [0.25, 0.3) is 5.65 Å². The van der Waals surface area contributed by atoms with Crippen molar-refractivity contribution in [2.75, 3.05) is 31.1 Å². The van der Waals surface area contributed by atoms with E-state index in [0.717, 1.165) is 6.07 Å². The van der Waals surface area contributed by atoms with E-state index in [2.05, 4.69) is 20.6 Å². The first kappa shape index (κ1) is 15.8. The minimum absolute atomic E-state index is 0.242. The largest absolute Gasteiger partial charge is 0.352 e. The lowest BCUT2D eigenvalue weighted by Crippen LogP contribution is -2.49. The summed E-state index contributed by atoms with van der Waals surface area (Å²) >= 11 is 0. The third kappa shape index (κ3) is 2.81. The van der Waals surface area contributed by atoms with Crippen LogP contribution in [0.5, 0.6) is 0 Å². The van der Waals surface area contributed by atoms with Gasteiger partial charge in [0.15, 0.2) is 11.5 Å². The number of anilines is 1. The summed E-state index contributed by atoms with van der Waals surface area (Å²) in [6.45, 7) is 1.36. The number of benzene rings is 1. The Bertz CT molecular complexity index is 1010. The molecule has 1 aliphatic rings. The second-order valence-corrected chi connectivity index (χ2v) is 7.45. The number of rotatable bonds is 3. The van der Waals surface area contributed by atoms with Crippen molar-refractivity contribution in [3.63, 3.8) is 0 Å². The van der Waals surface area contributed by atoms with Crippen LogP contribution < -0.4 is 4.90 Å². The van der Waals surface area contributed by atoms with Crippen LogP contribution in [0.2, 0.25) is 0 Å². The van der Waals surface area contributed by atoms with Crippen LogP contribution in [0.4, 0.5) is 10.2 Å². The summed E-state index contributed by atoms with van der Waals surface area (Å²) in [5.41, 5.74) is 0.532. The van der Waals surface area contributed by atoms with E-state index in [0.29, 0.717) is 24.6 Å². The number of halogens is 1. The first-order chi connectivity index (χ1) is 12.1. The maximum Gasteiger partial charge on any atom is 0.246 e. The summed E-state index contributed by atoms with van der Waals surface area (Å²) < 4.78 is 41.7. The molecule has 0 unspecified atom stereocenters. The number of hydrogen-bond acceptors (Lipinski definition) is 7. The Balaban J connectivity index is 1.52. The number of sulfonamides is 1. The van der Waals surface area contributed by atoms with Gasteiger partial charge in [-0.05, 0) is 34.7 Å². The molecule has 1 saturated heterocycles. The SMILES string of the molecule is O=S(=O)(c1ccccc1F)N1CCN(c2ccc3nnnn3n2)CC1. The highest BCUT2D eigenvalue weighted by molar-refractivity contribution is 7.89. The predicted molar refractivity (Wildman–Crippen MR) is 85.9 cm³/mol. The van der Waals surface area contributed by atoms with Gasteiger partial charge in [0, 0.05) is 26.2 Å². The molecular weight excluding hydrogens is 349 g/mol. The molecule has 1 fully saturated rings. The van der Waals surface area contributed by atoms with Gasteiger partial charge in [-0.25, -0.2) is 12.8 Å². The standard InChI is InChI=1S/C14H14FN7O2S/c15-11-3-1-2-4-12(11)25(23,24)21-9-7-20(8-10-21)14-6-5-13-16-18-19-22(13)17-14/h1-6H,7-10H2. The number of piperazine rings is 1. The Morgan fingerprint density at radius 3 is 2.52 bits per heavy atom. The number of fused-ring (bicyclic) bond motifs is 1. The molecule has 0 atom stereocenters. The van der Waals surface area contributed by atoms with Crippen LogP contribution in [0, 0.1) is 5.82 Å². The van der Waals surface area contributed by atoms with Crippen molar-refractivity contribution >= 4 is 21.5 Å². The van der Waals surface area contributed by atoms with Gasteiger partial charge in [-0.15, -0.1) is 14.8 Å². The van der Waals surface area contributed by atoms with Crippen molar-refractivity contribution in [2.45, 2.75) is 4.90 Å². The first-order valence-corrected chi connectivity index (χ1v) is 9.05. The van der Waals surface area contributed by atoms with Crippen LogP contribution >= 0.6 is 0 Å². The van der Waals surface area contributed by atoms with E-state index in [9.17, 15) is 12.8 Å². The average molecular weight is 363 g/mol. The molecule has 0 aliphatic carbocycles. The van der Waals surface area contributed by atoms with Crippen molar-refractivity contribution in [1.82, 2.24) is 29.6 Å². The third-order valence-corrected chi connectivity index (χ3v) is 6.00. The maximum atomic E-state index is 13.9. The average Bonchev–Trinajstić information content (AvgIpc) is 3.10. The lowest BCUT2D eigenvalue weighted by Gasteiger charge is -2.34. The van der Waals surface area contributed by atoms with E-state index in [4.69, 9.17) is 0 Å². The Labute approximate surface area is 142 Å². The molecule has 25 heavy (non-hydrogen) atoms. The van der Waals surface area contributed by atoms with E-state index in [1.807, 2.05) is 4.90 Å². The second-order valence-electron chi connectivity index (χ2n) is 5.54. The molecule has 0 N–H and O–H groups in total. The van der Waals surface area contributed by atoms with Gasteiger partial charge in [0.25, 0.3) is 0 Å². The first-order valence-electron chi connectivity index (χ1n) is 7.61. The zero-order chi connectivity index (χ0) is 17.4. The number of tetrazole rings is 1. The fourth-order valence-corrected chi connectivity index (χ4v) is 4.25. The molecule has 9 nitrogen and oxygen atoms in total. The molecule has 3 heterocycles. The van der Waals surface area contributed by atoms with Gasteiger partial charge < -0.3 is 4.90 Å². The second kappa shape index (κ2) is 6.01. The lowest BCUT2D eigenvalue weighted by molar-refractivity contribution is 0.380. The summed E-state index contributed by atoms with van der Waals surface area (Å²) in [6.07, 6.45) is 0. The Kier molecular flexibility index (Phi) is 3.81. The highest BCUT2D eigenvalue weighted by Crippen LogP contribution is 2.22. The van der Waals surface area contributed by atoms with E-state index >= 15 is 0 Å². The van der Waals surface area contributed by atoms with Gasteiger partial charge >= 0.3 is 0 Å². The topological polar surface area (TPSA) is 96.6 Å². The maximum absolute atomic E-state index is 13.9. The normalized spacial score (nSPS) is 16.4. The molecule has 1 aliphatic heterocycles. The Morgan fingerprint density at radius 2 is 1.76 bits per heavy atom. The monoisotopic (exact) mass is 363 g/mol. The number of hydrogen-bond donors (Lipinski definition) is 0. The fraction of sp³-hybridized carbons (Fsp3) is 0.286. The third-order valence-electron chi connectivity index (χ3n) is 4.07. The van der Waals surface area contributed by atoms with Gasteiger partial charge in [-0.2, -0.15) is 4.31 Å². The summed E-state index contributed by atoms with van der Waals surface area (Å²) in [6, 6.07) is 8.93. The van der Waals surface area contributed by atoms with Crippen LogP contribution in [0.3, 0.4) is 0 Å². The van der Waals surface area contributed by atoms with Gasteiger partial charge in [0.05, 0.1) is 0 Å². The number of nitrogens with zero attached hydrogens (tertiary/aromatic N) is 7. The molecule has 4 rings (SSSR count). The van der Waals surface area contributed by atoms with Gasteiger partial charge in [-0.3, -0.25) is 0 Å². The molecule has 0 bridgehead atoms. The van der Waals surface area contributed by atoms with Crippen LogP contribution in [-0.4, -0.2) is 64.2 Å². The van der Waals surface area contributed by atoms with Crippen molar-refractivity contribution in [3.8, 4) is 0 Å². The Hall–Kier alpha value is -2.66. The zero-order valence-corrected chi connectivity index (χ0v) is 13.8. The van der Waals surface area contributed by atoms with Crippen molar-refractivity contribution < 1.29 is 12.8 Å². The van der Waals surface area contributed by atoms with Crippen molar-refractivity contribution in [1.29, 1.82) is 0 Å².